The molecule has 11 aromatic rings. The predicted molar refractivity (Wildman–Crippen MR) is 455 cm³/mol. The average molecular weight is 1750 g/mol. The van der Waals surface area contributed by atoms with Crippen molar-refractivity contribution in [1.82, 2.24) is 65.2 Å². The summed E-state index contributed by atoms with van der Waals surface area (Å²) in [5.41, 5.74) is 9.61. The van der Waals surface area contributed by atoms with Gasteiger partial charge in [-0.1, -0.05) is 164 Å². The summed E-state index contributed by atoms with van der Waals surface area (Å²) in [6.07, 6.45) is 12.3. The van der Waals surface area contributed by atoms with Crippen molar-refractivity contribution >= 4 is 85.8 Å². The van der Waals surface area contributed by atoms with Gasteiger partial charge in [0.15, 0.2) is 17.1 Å². The van der Waals surface area contributed by atoms with Crippen molar-refractivity contribution in [2.45, 2.75) is 189 Å². The molecule has 3 amide bonds. The Bertz CT molecular complexity index is 5350. The van der Waals surface area contributed by atoms with E-state index in [0.29, 0.717) is 93.4 Å². The highest BCUT2D eigenvalue weighted by atomic mass is 35.5. The number of rotatable bonds is 22. The summed E-state index contributed by atoms with van der Waals surface area (Å²) < 4.78 is 110. The fraction of sp³-hybridized carbons (Fsp3) is 0.356. The molecule has 1 saturated carbocycles. The lowest BCUT2D eigenvalue weighted by atomic mass is 9.84. The monoisotopic (exact) mass is 1750 g/mol. The van der Waals surface area contributed by atoms with Crippen molar-refractivity contribution < 1.29 is 54.3 Å². The third kappa shape index (κ3) is 22.8. The molecule has 121 heavy (non-hydrogen) atoms. The number of aliphatic hydroxyl groups excluding tert-OH is 1. The van der Waals surface area contributed by atoms with E-state index < -0.39 is 51.6 Å². The molecule has 31 heteroatoms. The van der Waals surface area contributed by atoms with Crippen LogP contribution in [0.25, 0.3) is 29.2 Å². The minimum Gasteiger partial charge on any atom is -0.394 e. The molecule has 0 spiro atoms. The summed E-state index contributed by atoms with van der Waals surface area (Å²) in [5.74, 6) is -1.24. The summed E-state index contributed by atoms with van der Waals surface area (Å²) in [5, 5.41) is 40.3. The fourth-order valence-electron chi connectivity index (χ4n) is 16.5. The van der Waals surface area contributed by atoms with Gasteiger partial charge in [-0.15, -0.1) is 11.6 Å². The van der Waals surface area contributed by atoms with E-state index in [2.05, 4.69) is 59.1 Å². The number of aromatic nitrogens is 10. The molecule has 6 aromatic carbocycles. The number of nitrogens with zero attached hydrogens (tertiary/aromatic N) is 10. The molecular weight excluding hydrogens is 1660 g/mol. The number of hydrogen-bond donors (Lipinski definition) is 5. The summed E-state index contributed by atoms with van der Waals surface area (Å²) in [6.45, 7) is 1.80. The van der Waals surface area contributed by atoms with Gasteiger partial charge in [0, 0.05) is 74.0 Å². The Hall–Kier alpha value is -10.1. The van der Waals surface area contributed by atoms with Crippen LogP contribution in [-0.4, -0.2) is 111 Å². The smallest absolute Gasteiger partial charge is 0.394 e. The standard InChI is InChI=1S/C30H28Cl2F3N5O.C30H29ClF3N5O2.C30H35ClN4O3S/c31-18-23(17-19-7-2-1-3-8-19)37-28(41)26-24-12-5-4-10-21(15-20-9-6-11-22(32)16-20)27(24)40(39-26)29-36-14-13-25(38-29)30(33,34)35;31-22-11-6-9-20(16-22)15-21-10-4-5-12-24-26(28(41)36-23(18-40)17-19-7-2-1-3-8-19)38-39(27(21)24)29-35-14-13-25(37-29)30(32,33)34;1-20(22-7-3-2-4-8-22)33-30(36)28-27-10-6-5-9-23(19-21-11-13-24(31)14-12-21)29(27)35(34-28)25-15-17-26(18-16-25)39(32,37)38/h1-3,6-9,11,13-14,16,21,23H,4-5,10,12,15,17-18H2,(H,37,41);1-3,6-9,11,13-14,16,21,23,40H,4-5,10,12,15,17-18H2,(H,36,41);11-20,22H,2-10H2,1H3,(H,33,36)(H2,32,37,38)/b;;23-19+/t2*21?,23-;20-/m111/s1. The highest BCUT2D eigenvalue weighted by Crippen LogP contribution is 2.42. The maximum atomic E-state index is 13.7. The molecule has 0 aliphatic heterocycles. The number of fused-ring (bicyclic) bond motifs is 3. The van der Waals surface area contributed by atoms with Crippen LogP contribution in [-0.2, 0) is 67.3 Å². The van der Waals surface area contributed by atoms with Gasteiger partial charge in [0.1, 0.15) is 11.4 Å². The Morgan fingerprint density at radius 3 is 1.45 bits per heavy atom. The van der Waals surface area contributed by atoms with E-state index in [-0.39, 0.29) is 70.5 Å². The maximum absolute atomic E-state index is 13.7. The number of primary sulfonamides is 1. The number of carbonyl (C=O) groups is 3. The lowest BCUT2D eigenvalue weighted by molar-refractivity contribution is -0.142. The number of sulfonamides is 1. The van der Waals surface area contributed by atoms with Crippen LogP contribution in [0.15, 0.2) is 187 Å². The molecule has 634 valence electrons. The molecular formula is C90H92Cl4F6N14O6S. The Labute approximate surface area is 718 Å². The number of aliphatic hydroxyl groups is 1. The molecule has 5 atom stereocenters. The molecule has 20 nitrogen and oxygen atoms in total. The number of amides is 3. The van der Waals surface area contributed by atoms with Gasteiger partial charge in [-0.05, 0) is 228 Å². The number of benzene rings is 6. The number of halogens is 10. The zero-order chi connectivity index (χ0) is 85.5. The number of alkyl halides is 7. The van der Waals surface area contributed by atoms with Gasteiger partial charge >= 0.3 is 12.4 Å². The van der Waals surface area contributed by atoms with Crippen LogP contribution in [0.4, 0.5) is 26.3 Å². The summed E-state index contributed by atoms with van der Waals surface area (Å²) in [4.78, 5) is 56.9. The first-order valence-corrected chi connectivity index (χ1v) is 43.8. The van der Waals surface area contributed by atoms with E-state index in [1.165, 1.54) is 40.8 Å². The normalized spacial score (nSPS) is 16.8. The summed E-state index contributed by atoms with van der Waals surface area (Å²) in [7, 11) is -3.83. The van der Waals surface area contributed by atoms with Gasteiger partial charge in [0.2, 0.25) is 10.0 Å². The Balaban J connectivity index is 0.000000157. The van der Waals surface area contributed by atoms with Crippen LogP contribution in [0, 0.1) is 5.92 Å². The van der Waals surface area contributed by atoms with E-state index in [0.717, 1.165) is 146 Å². The lowest BCUT2D eigenvalue weighted by Crippen LogP contribution is -2.39. The highest BCUT2D eigenvalue weighted by molar-refractivity contribution is 7.89. The van der Waals surface area contributed by atoms with Crippen LogP contribution in [0.5, 0.6) is 0 Å². The van der Waals surface area contributed by atoms with Crippen molar-refractivity contribution in [2.75, 3.05) is 12.5 Å². The van der Waals surface area contributed by atoms with Gasteiger partial charge in [-0.2, -0.15) is 41.6 Å². The van der Waals surface area contributed by atoms with Crippen LogP contribution < -0.4 is 21.1 Å². The third-order valence-corrected chi connectivity index (χ3v) is 24.4. The highest BCUT2D eigenvalue weighted by Gasteiger charge is 2.39. The van der Waals surface area contributed by atoms with Gasteiger partial charge < -0.3 is 21.1 Å². The second kappa shape index (κ2) is 40.3. The molecule has 15 rings (SSSR count). The quantitative estimate of drug-likeness (QED) is 0.0240. The minimum atomic E-state index is -4.67. The molecule has 1 fully saturated rings. The first kappa shape index (κ1) is 88.7. The SMILES string of the molecule is C[C@@H](NC(=O)c1nn(-c2ccc(S(N)(=O)=O)cc2)c2c1CCCC/C2=C\c1ccc(Cl)cc1)C1CCCCC1.O=C(N[C@@H](CCl)Cc1ccccc1)c1nn(-c2nccc(C(F)(F)F)n2)c2c1CCCCC2Cc1cccc(Cl)c1.O=C(N[C@@H](CO)Cc1ccccc1)c1nn(-c2nccc(C(F)(F)F)n2)c2c1CCCCC2Cc1cccc(Cl)c1. The van der Waals surface area contributed by atoms with E-state index in [9.17, 15) is 54.3 Å². The van der Waals surface area contributed by atoms with Crippen LogP contribution in [0.3, 0.4) is 0 Å². The molecule has 5 aromatic heterocycles. The predicted octanol–water partition coefficient (Wildman–Crippen LogP) is 18.8. The minimum absolute atomic E-state index is 0.0284. The van der Waals surface area contributed by atoms with Crippen molar-refractivity contribution in [3.63, 3.8) is 0 Å². The number of hydrogen-bond acceptors (Lipinski definition) is 13. The van der Waals surface area contributed by atoms with E-state index in [1.807, 2.05) is 121 Å². The molecule has 0 bridgehead atoms. The van der Waals surface area contributed by atoms with Crippen molar-refractivity contribution in [3.05, 3.63) is 287 Å². The topological polar surface area (TPSA) is 273 Å². The first-order valence-electron chi connectivity index (χ1n) is 40.6. The largest absolute Gasteiger partial charge is 0.433 e. The van der Waals surface area contributed by atoms with Gasteiger partial charge in [-0.3, -0.25) is 14.4 Å². The van der Waals surface area contributed by atoms with Crippen LogP contribution in [0.2, 0.25) is 15.1 Å². The van der Waals surface area contributed by atoms with Gasteiger partial charge in [-0.25, -0.2) is 47.5 Å². The first-order chi connectivity index (χ1) is 58.1. The van der Waals surface area contributed by atoms with E-state index in [1.54, 1.807) is 28.9 Å². The summed E-state index contributed by atoms with van der Waals surface area (Å²) >= 11 is 24.8. The zero-order valence-electron chi connectivity index (χ0n) is 66.4. The van der Waals surface area contributed by atoms with E-state index in [4.69, 9.17) is 56.6 Å². The van der Waals surface area contributed by atoms with Crippen LogP contribution in [0.1, 0.15) is 213 Å². The third-order valence-electron chi connectivity index (χ3n) is 22.4. The van der Waals surface area contributed by atoms with Crippen LogP contribution >= 0.6 is 46.4 Å². The van der Waals surface area contributed by atoms with Gasteiger partial charge in [0.05, 0.1) is 40.3 Å². The number of carbonyl (C=O) groups excluding carboxylic acids is 3. The molecule has 0 radical (unpaired) electrons. The van der Waals surface area contributed by atoms with Crippen molar-refractivity contribution in [2.24, 2.45) is 11.1 Å². The Morgan fingerprint density at radius 1 is 0.521 bits per heavy atom. The molecule has 4 aliphatic rings. The lowest BCUT2D eigenvalue weighted by Gasteiger charge is -2.28. The second-order valence-corrected chi connectivity index (χ2v) is 34.2. The summed E-state index contributed by atoms with van der Waals surface area (Å²) in [6, 6.07) is 48.7. The molecule has 5 heterocycles. The molecule has 4 aliphatic carbocycles. The molecule has 6 N–H and O–H groups in total. The van der Waals surface area contributed by atoms with Gasteiger partial charge in [0.25, 0.3) is 29.6 Å². The van der Waals surface area contributed by atoms with E-state index >= 15 is 0 Å². The average Bonchev–Trinajstić information content (AvgIpc) is 1.62. The number of nitrogens with one attached hydrogen (secondary N) is 3. The van der Waals surface area contributed by atoms with Crippen molar-refractivity contribution in [1.29, 1.82) is 0 Å². The maximum Gasteiger partial charge on any atom is 0.433 e. The van der Waals surface area contributed by atoms with Crippen molar-refractivity contribution in [3.8, 4) is 17.6 Å². The Morgan fingerprint density at radius 2 is 0.967 bits per heavy atom. The number of nitrogens with two attached hydrogens (primary N) is 1. The second-order valence-electron chi connectivity index (χ2n) is 31.1. The number of allylic oxidation sites excluding steroid dienone is 1. The molecule has 0 saturated heterocycles. The molecule has 2 unspecified atom stereocenters. The zero-order valence-corrected chi connectivity index (χ0v) is 70.2. The fourth-order valence-corrected chi connectivity index (χ4v) is 17.8. The Kier molecular flexibility index (Phi) is 29.5.